The summed E-state index contributed by atoms with van der Waals surface area (Å²) >= 11 is 0. The Morgan fingerprint density at radius 2 is 2.42 bits per heavy atom. The van der Waals surface area contributed by atoms with Gasteiger partial charge in [0.25, 0.3) is 5.69 Å². The van der Waals surface area contributed by atoms with Gasteiger partial charge in [-0.15, -0.1) is 0 Å². The van der Waals surface area contributed by atoms with E-state index in [1.165, 1.54) is 26.0 Å². The van der Waals surface area contributed by atoms with Crippen LogP contribution in [0.15, 0.2) is 18.2 Å². The third kappa shape index (κ3) is 3.57. The lowest BCUT2D eigenvalue weighted by atomic mass is 10.1. The maximum atomic E-state index is 11.0. The number of hydrogen-bond acceptors (Lipinski definition) is 5. The van der Waals surface area contributed by atoms with Crippen molar-refractivity contribution in [2.75, 3.05) is 25.5 Å². The fourth-order valence-electron chi connectivity index (χ4n) is 2.32. The van der Waals surface area contributed by atoms with Crippen molar-refractivity contribution < 1.29 is 9.66 Å². The molecule has 1 heterocycles. The molecule has 1 unspecified atom stereocenters. The largest absolute Gasteiger partial charge is 0.496 e. The smallest absolute Gasteiger partial charge is 0.296 e. The van der Waals surface area contributed by atoms with E-state index in [1.807, 2.05) is 0 Å². The molecule has 0 radical (unpaired) electrons. The lowest BCUT2D eigenvalue weighted by molar-refractivity contribution is -0.384. The summed E-state index contributed by atoms with van der Waals surface area (Å²) in [5.41, 5.74) is 0.600. The molecule has 1 aromatic rings. The summed E-state index contributed by atoms with van der Waals surface area (Å²) in [6.45, 7) is 1.80. The minimum atomic E-state index is -0.390. The van der Waals surface area contributed by atoms with Gasteiger partial charge in [-0.25, -0.2) is 0 Å². The van der Waals surface area contributed by atoms with Crippen LogP contribution in [0, 0.1) is 10.1 Å². The van der Waals surface area contributed by atoms with Gasteiger partial charge in [-0.3, -0.25) is 10.1 Å². The number of hydrogen-bond donors (Lipinski definition) is 2. The Hall–Kier alpha value is -1.82. The molecule has 19 heavy (non-hydrogen) atoms. The molecule has 6 heteroatoms. The number of nitrogens with zero attached hydrogens (tertiary/aromatic N) is 1. The van der Waals surface area contributed by atoms with Crippen LogP contribution >= 0.6 is 0 Å². The molecule has 2 rings (SSSR count). The van der Waals surface area contributed by atoms with Crippen LogP contribution in [0.25, 0.3) is 0 Å². The van der Waals surface area contributed by atoms with Crippen LogP contribution in [0.3, 0.4) is 0 Å². The zero-order valence-corrected chi connectivity index (χ0v) is 11.0. The standard InChI is InChI=1S/C13H19N3O3/c1-19-11-4-5-12(13(9-11)16(17)18)15-8-6-10-3-2-7-14-10/h4-5,9-10,14-15H,2-3,6-8H2,1H3. The molecule has 0 amide bonds. The monoisotopic (exact) mass is 265 g/mol. The molecule has 0 spiro atoms. The Morgan fingerprint density at radius 1 is 1.58 bits per heavy atom. The highest BCUT2D eigenvalue weighted by Crippen LogP contribution is 2.28. The van der Waals surface area contributed by atoms with E-state index in [0.29, 0.717) is 17.5 Å². The normalized spacial score (nSPS) is 18.3. The average molecular weight is 265 g/mol. The minimum Gasteiger partial charge on any atom is -0.496 e. The molecule has 1 saturated heterocycles. The highest BCUT2D eigenvalue weighted by Gasteiger charge is 2.16. The van der Waals surface area contributed by atoms with Crippen LogP contribution in [0.1, 0.15) is 19.3 Å². The van der Waals surface area contributed by atoms with Crippen molar-refractivity contribution in [3.05, 3.63) is 28.3 Å². The summed E-state index contributed by atoms with van der Waals surface area (Å²) in [5.74, 6) is 0.495. The molecule has 0 aliphatic carbocycles. The number of nitrogens with one attached hydrogen (secondary N) is 2. The summed E-state index contributed by atoms with van der Waals surface area (Å²) < 4.78 is 5.00. The Morgan fingerprint density at radius 3 is 3.05 bits per heavy atom. The van der Waals surface area contributed by atoms with Crippen LogP contribution < -0.4 is 15.4 Å². The molecule has 1 aliphatic heterocycles. The molecule has 1 aliphatic rings. The van der Waals surface area contributed by atoms with Crippen molar-refractivity contribution in [2.24, 2.45) is 0 Å². The van der Waals surface area contributed by atoms with Gasteiger partial charge >= 0.3 is 0 Å². The summed E-state index contributed by atoms with van der Waals surface area (Å²) in [7, 11) is 1.50. The number of methoxy groups -OCH3 is 1. The number of anilines is 1. The van der Waals surface area contributed by atoms with E-state index in [2.05, 4.69) is 10.6 Å². The molecule has 0 saturated carbocycles. The zero-order valence-electron chi connectivity index (χ0n) is 11.0. The van der Waals surface area contributed by atoms with Crippen molar-refractivity contribution in [3.63, 3.8) is 0 Å². The molecule has 1 aromatic carbocycles. The number of ether oxygens (including phenoxy) is 1. The maximum absolute atomic E-state index is 11.0. The fourth-order valence-corrected chi connectivity index (χ4v) is 2.32. The second-order valence-electron chi connectivity index (χ2n) is 4.65. The number of nitro groups is 1. The lowest BCUT2D eigenvalue weighted by Crippen LogP contribution is -2.24. The Balaban J connectivity index is 1.96. The molecule has 0 aromatic heterocycles. The van der Waals surface area contributed by atoms with Crippen LogP contribution in [0.4, 0.5) is 11.4 Å². The van der Waals surface area contributed by atoms with Crippen LogP contribution in [-0.2, 0) is 0 Å². The van der Waals surface area contributed by atoms with E-state index in [-0.39, 0.29) is 5.69 Å². The summed E-state index contributed by atoms with van der Waals surface area (Å²) in [5, 5.41) is 17.5. The van der Waals surface area contributed by atoms with Crippen molar-refractivity contribution in [1.29, 1.82) is 0 Å². The third-order valence-electron chi connectivity index (χ3n) is 3.37. The molecule has 2 N–H and O–H groups in total. The molecular formula is C13H19N3O3. The molecule has 1 atom stereocenters. The number of rotatable bonds is 6. The van der Waals surface area contributed by atoms with Gasteiger partial charge in [0, 0.05) is 12.6 Å². The van der Waals surface area contributed by atoms with Crippen molar-refractivity contribution >= 4 is 11.4 Å². The zero-order chi connectivity index (χ0) is 13.7. The predicted molar refractivity (Wildman–Crippen MR) is 73.8 cm³/mol. The van der Waals surface area contributed by atoms with Crippen LogP contribution in [0.5, 0.6) is 5.75 Å². The molecule has 104 valence electrons. The third-order valence-corrected chi connectivity index (χ3v) is 3.37. The Kier molecular flexibility index (Phi) is 4.57. The predicted octanol–water partition coefficient (Wildman–Crippen LogP) is 2.16. The highest BCUT2D eigenvalue weighted by atomic mass is 16.6. The van der Waals surface area contributed by atoms with Gasteiger partial charge in [0.05, 0.1) is 18.1 Å². The van der Waals surface area contributed by atoms with E-state index in [4.69, 9.17) is 4.74 Å². The lowest BCUT2D eigenvalue weighted by Gasteiger charge is -2.12. The van der Waals surface area contributed by atoms with Gasteiger partial charge < -0.3 is 15.4 Å². The second-order valence-corrected chi connectivity index (χ2v) is 4.65. The first-order chi connectivity index (χ1) is 9.20. The van der Waals surface area contributed by atoms with Gasteiger partial charge in [-0.2, -0.15) is 0 Å². The van der Waals surface area contributed by atoms with Crippen LogP contribution in [-0.4, -0.2) is 31.2 Å². The van der Waals surface area contributed by atoms with Crippen molar-refractivity contribution in [3.8, 4) is 5.75 Å². The van der Waals surface area contributed by atoms with E-state index in [0.717, 1.165) is 19.5 Å². The van der Waals surface area contributed by atoms with Gasteiger partial charge in [0.2, 0.25) is 0 Å². The fraction of sp³-hybridized carbons (Fsp3) is 0.538. The average Bonchev–Trinajstić information content (AvgIpc) is 2.92. The first-order valence-corrected chi connectivity index (χ1v) is 6.50. The number of benzene rings is 1. The molecule has 1 fully saturated rings. The summed E-state index contributed by atoms with van der Waals surface area (Å²) in [4.78, 5) is 10.6. The SMILES string of the molecule is COc1ccc(NCCC2CCCN2)c([N+](=O)[O-])c1. The van der Waals surface area contributed by atoms with E-state index in [1.54, 1.807) is 12.1 Å². The van der Waals surface area contributed by atoms with Crippen molar-refractivity contribution in [1.82, 2.24) is 5.32 Å². The van der Waals surface area contributed by atoms with E-state index in [9.17, 15) is 10.1 Å². The van der Waals surface area contributed by atoms with Gasteiger partial charge in [0.15, 0.2) is 0 Å². The Labute approximate surface area is 112 Å². The molecule has 6 nitrogen and oxygen atoms in total. The highest BCUT2D eigenvalue weighted by molar-refractivity contribution is 5.63. The number of nitro benzene ring substituents is 1. The van der Waals surface area contributed by atoms with Gasteiger partial charge in [-0.1, -0.05) is 0 Å². The summed E-state index contributed by atoms with van der Waals surface area (Å²) in [6, 6.07) is 5.39. The van der Waals surface area contributed by atoms with Gasteiger partial charge in [-0.05, 0) is 37.9 Å². The van der Waals surface area contributed by atoms with E-state index < -0.39 is 4.92 Å². The molecule has 0 bridgehead atoms. The minimum absolute atomic E-state index is 0.0544. The van der Waals surface area contributed by atoms with E-state index >= 15 is 0 Å². The first kappa shape index (κ1) is 13.6. The maximum Gasteiger partial charge on any atom is 0.296 e. The topological polar surface area (TPSA) is 76.4 Å². The molecular weight excluding hydrogens is 246 g/mol. The summed E-state index contributed by atoms with van der Waals surface area (Å²) in [6.07, 6.45) is 3.38. The van der Waals surface area contributed by atoms with Crippen molar-refractivity contribution in [2.45, 2.75) is 25.3 Å². The second kappa shape index (κ2) is 6.38. The van der Waals surface area contributed by atoms with Crippen LogP contribution in [0.2, 0.25) is 0 Å². The quantitative estimate of drug-likeness (QED) is 0.609. The Bertz CT molecular complexity index is 445. The first-order valence-electron chi connectivity index (χ1n) is 6.50. The van der Waals surface area contributed by atoms with Gasteiger partial charge in [0.1, 0.15) is 11.4 Å².